The monoisotopic (exact) mass is 227 g/mol. The molecule has 1 aromatic rings. The zero-order valence-corrected chi connectivity index (χ0v) is 9.12. The van der Waals surface area contributed by atoms with Crippen LogP contribution in [0.15, 0.2) is 18.5 Å². The van der Waals surface area contributed by atoms with Gasteiger partial charge in [0.15, 0.2) is 0 Å². The molecule has 6 heteroatoms. The number of nitrogens with zero attached hydrogens (tertiary/aromatic N) is 3. The maximum Gasteiger partial charge on any atom is 0.224 e. The maximum absolute atomic E-state index is 11.7. The van der Waals surface area contributed by atoms with Gasteiger partial charge in [-0.1, -0.05) is 0 Å². The topological polar surface area (TPSA) is 78.6 Å². The van der Waals surface area contributed by atoms with Crippen molar-refractivity contribution in [2.24, 2.45) is 0 Å². The first-order valence-electron chi connectivity index (χ1n) is 5.25. The fourth-order valence-electron chi connectivity index (χ4n) is 1.40. The number of amides is 1. The summed E-state index contributed by atoms with van der Waals surface area (Å²) in [6.45, 7) is 0.858. The molecule has 0 saturated heterocycles. The van der Waals surface area contributed by atoms with Crippen LogP contribution in [0.25, 0.3) is 0 Å². The van der Waals surface area contributed by atoms with Crippen LogP contribution in [0, 0.1) is 0 Å². The summed E-state index contributed by atoms with van der Waals surface area (Å²) in [6.07, 6.45) is 3.76. The number of hydrogen-bond donors (Lipinski definition) is 2. The van der Waals surface area contributed by atoms with Gasteiger partial charge in [0.05, 0.1) is 13.2 Å². The lowest BCUT2D eigenvalue weighted by Crippen LogP contribution is -2.36. The van der Waals surface area contributed by atoms with E-state index in [2.05, 4.69) is 5.10 Å². The second-order valence-corrected chi connectivity index (χ2v) is 3.35. The zero-order chi connectivity index (χ0) is 11.8. The predicted molar refractivity (Wildman–Crippen MR) is 57.6 cm³/mol. The van der Waals surface area contributed by atoms with E-state index in [4.69, 9.17) is 10.2 Å². The van der Waals surface area contributed by atoms with Crippen LogP contribution < -0.4 is 0 Å². The molecular weight excluding hydrogens is 210 g/mol. The molecule has 0 saturated carbocycles. The van der Waals surface area contributed by atoms with E-state index >= 15 is 0 Å². The Balaban J connectivity index is 2.36. The third-order valence-corrected chi connectivity index (χ3v) is 2.21. The minimum absolute atomic E-state index is 0.0846. The average Bonchev–Trinajstić information content (AvgIpc) is 2.78. The first-order valence-corrected chi connectivity index (χ1v) is 5.25. The first-order chi connectivity index (χ1) is 7.77. The summed E-state index contributed by atoms with van der Waals surface area (Å²) in [6, 6.07) is 1.80. The van der Waals surface area contributed by atoms with Gasteiger partial charge < -0.3 is 15.1 Å². The van der Waals surface area contributed by atoms with E-state index < -0.39 is 0 Å². The highest BCUT2D eigenvalue weighted by Gasteiger charge is 2.11. The molecule has 90 valence electrons. The van der Waals surface area contributed by atoms with E-state index in [9.17, 15) is 4.79 Å². The van der Waals surface area contributed by atoms with Gasteiger partial charge in [-0.15, -0.1) is 0 Å². The summed E-state index contributed by atoms with van der Waals surface area (Å²) in [4.78, 5) is 13.1. The second kappa shape index (κ2) is 6.97. The molecule has 0 spiro atoms. The van der Waals surface area contributed by atoms with Crippen molar-refractivity contribution in [3.63, 3.8) is 0 Å². The molecule has 0 aliphatic rings. The molecule has 0 atom stereocenters. The molecule has 0 aliphatic carbocycles. The number of carbonyl (C=O) groups excluding carboxylic acids is 1. The van der Waals surface area contributed by atoms with Crippen LogP contribution in [0.2, 0.25) is 0 Å². The quantitative estimate of drug-likeness (QED) is 0.632. The lowest BCUT2D eigenvalue weighted by atomic mass is 10.3. The Morgan fingerprint density at radius 1 is 1.31 bits per heavy atom. The summed E-state index contributed by atoms with van der Waals surface area (Å²) in [5.74, 6) is -0.0846. The molecular formula is C10H17N3O3. The van der Waals surface area contributed by atoms with Gasteiger partial charge in [-0.3, -0.25) is 9.48 Å². The van der Waals surface area contributed by atoms with E-state index in [0.29, 0.717) is 13.0 Å². The minimum Gasteiger partial charge on any atom is -0.395 e. The van der Waals surface area contributed by atoms with E-state index in [1.54, 1.807) is 23.1 Å². The summed E-state index contributed by atoms with van der Waals surface area (Å²) in [5, 5.41) is 21.5. The van der Waals surface area contributed by atoms with Gasteiger partial charge in [0, 0.05) is 38.4 Å². The molecule has 0 aliphatic heterocycles. The molecule has 0 aromatic carbocycles. The molecule has 0 fully saturated rings. The Kier molecular flexibility index (Phi) is 5.52. The Morgan fingerprint density at radius 2 is 2.00 bits per heavy atom. The van der Waals surface area contributed by atoms with Crippen molar-refractivity contribution in [2.75, 3.05) is 26.3 Å². The molecule has 2 N–H and O–H groups in total. The van der Waals surface area contributed by atoms with Crippen molar-refractivity contribution < 1.29 is 15.0 Å². The first kappa shape index (κ1) is 12.7. The molecule has 16 heavy (non-hydrogen) atoms. The molecule has 1 rings (SSSR count). The lowest BCUT2D eigenvalue weighted by Gasteiger charge is -2.20. The van der Waals surface area contributed by atoms with Crippen molar-refractivity contribution >= 4 is 5.91 Å². The van der Waals surface area contributed by atoms with Gasteiger partial charge >= 0.3 is 0 Å². The van der Waals surface area contributed by atoms with Crippen molar-refractivity contribution in [3.05, 3.63) is 18.5 Å². The molecule has 6 nitrogen and oxygen atoms in total. The number of aliphatic hydroxyl groups is 2. The Morgan fingerprint density at radius 3 is 2.50 bits per heavy atom. The van der Waals surface area contributed by atoms with Crippen LogP contribution in [-0.4, -0.2) is 57.1 Å². The minimum atomic E-state index is -0.0898. The number of aryl methyl sites for hydroxylation is 1. The van der Waals surface area contributed by atoms with Gasteiger partial charge in [-0.05, 0) is 6.07 Å². The lowest BCUT2D eigenvalue weighted by molar-refractivity contribution is -0.132. The number of rotatable bonds is 7. The standard InChI is InChI=1S/C10H17N3O3/c14-8-6-12(7-9-15)10(16)2-5-13-4-1-3-11-13/h1,3-4,14-15H,2,5-9H2. The second-order valence-electron chi connectivity index (χ2n) is 3.35. The molecule has 0 radical (unpaired) electrons. The highest BCUT2D eigenvalue weighted by molar-refractivity contribution is 5.76. The SMILES string of the molecule is O=C(CCn1cccn1)N(CCO)CCO. The van der Waals surface area contributed by atoms with Gasteiger partial charge in [0.25, 0.3) is 0 Å². The Hall–Kier alpha value is -1.40. The molecule has 1 heterocycles. The average molecular weight is 227 g/mol. The van der Waals surface area contributed by atoms with E-state index in [1.807, 2.05) is 0 Å². The maximum atomic E-state index is 11.7. The highest BCUT2D eigenvalue weighted by atomic mass is 16.3. The van der Waals surface area contributed by atoms with Gasteiger partial charge in [0.2, 0.25) is 5.91 Å². The summed E-state index contributed by atoms with van der Waals surface area (Å²) in [7, 11) is 0. The normalized spacial score (nSPS) is 10.4. The van der Waals surface area contributed by atoms with Crippen molar-refractivity contribution in [3.8, 4) is 0 Å². The van der Waals surface area contributed by atoms with Crippen LogP contribution in [0.5, 0.6) is 0 Å². The predicted octanol–water partition coefficient (Wildman–Crippen LogP) is -0.914. The molecule has 0 unspecified atom stereocenters. The Bertz CT molecular complexity index is 294. The van der Waals surface area contributed by atoms with Crippen molar-refractivity contribution in [1.29, 1.82) is 0 Å². The van der Waals surface area contributed by atoms with E-state index in [0.717, 1.165) is 0 Å². The van der Waals surface area contributed by atoms with Crippen molar-refractivity contribution in [1.82, 2.24) is 14.7 Å². The van der Waals surface area contributed by atoms with E-state index in [-0.39, 0.29) is 32.2 Å². The third kappa shape index (κ3) is 4.00. The van der Waals surface area contributed by atoms with Crippen LogP contribution in [0.1, 0.15) is 6.42 Å². The third-order valence-electron chi connectivity index (χ3n) is 2.21. The van der Waals surface area contributed by atoms with Crippen LogP contribution in [0.4, 0.5) is 0 Å². The largest absolute Gasteiger partial charge is 0.395 e. The van der Waals surface area contributed by atoms with Crippen LogP contribution in [-0.2, 0) is 11.3 Å². The van der Waals surface area contributed by atoms with E-state index in [1.165, 1.54) is 4.90 Å². The van der Waals surface area contributed by atoms with Gasteiger partial charge in [-0.2, -0.15) is 5.10 Å². The molecule has 1 amide bonds. The van der Waals surface area contributed by atoms with Crippen molar-refractivity contribution in [2.45, 2.75) is 13.0 Å². The zero-order valence-electron chi connectivity index (χ0n) is 9.12. The summed E-state index contributed by atoms with van der Waals surface area (Å²) in [5.41, 5.74) is 0. The summed E-state index contributed by atoms with van der Waals surface area (Å²) >= 11 is 0. The van der Waals surface area contributed by atoms with Gasteiger partial charge in [0.1, 0.15) is 0 Å². The smallest absolute Gasteiger partial charge is 0.224 e. The fraction of sp³-hybridized carbons (Fsp3) is 0.600. The molecule has 0 bridgehead atoms. The van der Waals surface area contributed by atoms with Crippen LogP contribution in [0.3, 0.4) is 0 Å². The van der Waals surface area contributed by atoms with Gasteiger partial charge in [-0.25, -0.2) is 0 Å². The Labute approximate surface area is 94.1 Å². The number of hydrogen-bond acceptors (Lipinski definition) is 4. The van der Waals surface area contributed by atoms with Crippen LogP contribution >= 0.6 is 0 Å². The fourth-order valence-corrected chi connectivity index (χ4v) is 1.40. The highest BCUT2D eigenvalue weighted by Crippen LogP contribution is 1.97. The number of aromatic nitrogens is 2. The molecule has 1 aromatic heterocycles. The number of aliphatic hydroxyl groups excluding tert-OH is 2. The number of carbonyl (C=O) groups is 1. The summed E-state index contributed by atoms with van der Waals surface area (Å²) < 4.78 is 1.67.